The third-order valence-electron chi connectivity index (χ3n) is 3.15. The van der Waals surface area contributed by atoms with Gasteiger partial charge in [-0.25, -0.2) is 14.4 Å². The number of nitrogens with zero attached hydrogens (tertiary/aromatic N) is 2. The second-order valence-corrected chi connectivity index (χ2v) is 5.26. The standard InChI is InChI=1S/C15H18ClFN4/c1-3-4-13-20-14(18)9(2)15(21-13)19-8-10-5-6-12(17)11(16)7-10/h5-7H,3-4,8H2,1-2H3,(H3,18,19,20,21). The van der Waals surface area contributed by atoms with Crippen molar-refractivity contribution >= 4 is 23.2 Å². The fourth-order valence-corrected chi connectivity index (χ4v) is 2.13. The molecule has 0 amide bonds. The molecule has 0 radical (unpaired) electrons. The van der Waals surface area contributed by atoms with Crippen LogP contribution in [0.5, 0.6) is 0 Å². The lowest BCUT2D eigenvalue weighted by atomic mass is 10.2. The first kappa shape index (κ1) is 15.5. The van der Waals surface area contributed by atoms with Gasteiger partial charge in [0, 0.05) is 18.5 Å². The number of benzene rings is 1. The van der Waals surface area contributed by atoms with E-state index >= 15 is 0 Å². The highest BCUT2D eigenvalue weighted by Crippen LogP contribution is 2.20. The van der Waals surface area contributed by atoms with E-state index in [1.54, 1.807) is 12.1 Å². The first-order valence-corrected chi connectivity index (χ1v) is 7.19. The summed E-state index contributed by atoms with van der Waals surface area (Å²) in [7, 11) is 0. The van der Waals surface area contributed by atoms with Gasteiger partial charge in [-0.3, -0.25) is 0 Å². The number of halogens is 2. The zero-order valence-corrected chi connectivity index (χ0v) is 12.8. The van der Waals surface area contributed by atoms with E-state index in [1.807, 2.05) is 6.92 Å². The molecule has 1 heterocycles. The third-order valence-corrected chi connectivity index (χ3v) is 3.44. The number of nitrogens with two attached hydrogens (primary N) is 1. The summed E-state index contributed by atoms with van der Waals surface area (Å²) < 4.78 is 13.1. The molecule has 0 unspecified atom stereocenters. The van der Waals surface area contributed by atoms with E-state index in [-0.39, 0.29) is 5.02 Å². The molecule has 0 spiro atoms. The molecule has 1 aromatic carbocycles. The molecule has 0 atom stereocenters. The van der Waals surface area contributed by atoms with Gasteiger partial charge in [-0.2, -0.15) is 0 Å². The molecular weight excluding hydrogens is 291 g/mol. The molecule has 4 nitrogen and oxygen atoms in total. The number of nitrogen functional groups attached to an aromatic ring is 1. The van der Waals surface area contributed by atoms with Crippen LogP contribution in [0.3, 0.4) is 0 Å². The summed E-state index contributed by atoms with van der Waals surface area (Å²) in [5, 5.41) is 3.31. The molecule has 0 aliphatic rings. The predicted molar refractivity (Wildman–Crippen MR) is 83.9 cm³/mol. The molecule has 3 N–H and O–H groups in total. The van der Waals surface area contributed by atoms with E-state index in [1.165, 1.54) is 6.07 Å². The zero-order chi connectivity index (χ0) is 15.4. The molecule has 0 saturated carbocycles. The normalized spacial score (nSPS) is 10.7. The Labute approximate surface area is 128 Å². The van der Waals surface area contributed by atoms with Gasteiger partial charge in [0.15, 0.2) is 0 Å². The van der Waals surface area contributed by atoms with Crippen LogP contribution in [-0.2, 0) is 13.0 Å². The topological polar surface area (TPSA) is 63.8 Å². The summed E-state index contributed by atoms with van der Waals surface area (Å²) >= 11 is 5.77. The van der Waals surface area contributed by atoms with E-state index in [4.69, 9.17) is 17.3 Å². The molecule has 6 heteroatoms. The number of hydrogen-bond acceptors (Lipinski definition) is 4. The SMILES string of the molecule is CCCc1nc(N)c(C)c(NCc2ccc(F)c(Cl)c2)n1. The maximum atomic E-state index is 13.1. The molecule has 2 aromatic rings. The average molecular weight is 309 g/mol. The van der Waals surface area contributed by atoms with Gasteiger partial charge in [0.05, 0.1) is 5.02 Å². The molecule has 0 aliphatic carbocycles. The Balaban J connectivity index is 2.16. The molecule has 0 fully saturated rings. The van der Waals surface area contributed by atoms with Gasteiger partial charge < -0.3 is 11.1 Å². The van der Waals surface area contributed by atoms with Crippen LogP contribution in [0.25, 0.3) is 0 Å². The second-order valence-electron chi connectivity index (χ2n) is 4.85. The van der Waals surface area contributed by atoms with E-state index in [0.29, 0.717) is 18.2 Å². The van der Waals surface area contributed by atoms with Crippen LogP contribution in [0, 0.1) is 12.7 Å². The molecule has 2 rings (SSSR count). The van der Waals surface area contributed by atoms with Crippen LogP contribution >= 0.6 is 11.6 Å². The van der Waals surface area contributed by atoms with Crippen LogP contribution in [-0.4, -0.2) is 9.97 Å². The number of aryl methyl sites for hydroxylation is 1. The lowest BCUT2D eigenvalue weighted by Gasteiger charge is -2.12. The summed E-state index contributed by atoms with van der Waals surface area (Å²) in [4.78, 5) is 8.73. The van der Waals surface area contributed by atoms with Crippen molar-refractivity contribution in [2.24, 2.45) is 0 Å². The van der Waals surface area contributed by atoms with Crippen molar-refractivity contribution in [2.45, 2.75) is 33.2 Å². The van der Waals surface area contributed by atoms with Crippen molar-refractivity contribution in [3.63, 3.8) is 0 Å². The third kappa shape index (κ3) is 3.82. The van der Waals surface area contributed by atoms with Gasteiger partial charge in [0.25, 0.3) is 0 Å². The Kier molecular flexibility index (Phi) is 4.96. The minimum Gasteiger partial charge on any atom is -0.383 e. The Morgan fingerprint density at radius 3 is 2.76 bits per heavy atom. The van der Waals surface area contributed by atoms with Crippen LogP contribution in [0.15, 0.2) is 18.2 Å². The van der Waals surface area contributed by atoms with Gasteiger partial charge in [-0.15, -0.1) is 0 Å². The highest BCUT2D eigenvalue weighted by Gasteiger charge is 2.08. The summed E-state index contributed by atoms with van der Waals surface area (Å²) in [6, 6.07) is 4.63. The average Bonchev–Trinajstić information content (AvgIpc) is 2.45. The minimum absolute atomic E-state index is 0.111. The van der Waals surface area contributed by atoms with E-state index in [0.717, 1.165) is 29.8 Å². The smallest absolute Gasteiger partial charge is 0.141 e. The lowest BCUT2D eigenvalue weighted by Crippen LogP contribution is -2.09. The highest BCUT2D eigenvalue weighted by atomic mass is 35.5. The first-order chi connectivity index (χ1) is 10.0. The molecule has 0 aliphatic heterocycles. The van der Waals surface area contributed by atoms with Crippen molar-refractivity contribution in [1.29, 1.82) is 0 Å². The molecule has 21 heavy (non-hydrogen) atoms. The van der Waals surface area contributed by atoms with Gasteiger partial charge in [-0.1, -0.05) is 24.6 Å². The Hall–Kier alpha value is -1.88. The maximum absolute atomic E-state index is 13.1. The monoisotopic (exact) mass is 308 g/mol. The van der Waals surface area contributed by atoms with Gasteiger partial charge >= 0.3 is 0 Å². The predicted octanol–water partition coefficient (Wildman–Crippen LogP) is 3.72. The van der Waals surface area contributed by atoms with Crippen molar-refractivity contribution in [1.82, 2.24) is 9.97 Å². The van der Waals surface area contributed by atoms with Gasteiger partial charge in [0.2, 0.25) is 0 Å². The molecule has 112 valence electrons. The fourth-order valence-electron chi connectivity index (χ4n) is 1.93. The molecular formula is C15H18ClFN4. The Morgan fingerprint density at radius 2 is 2.10 bits per heavy atom. The van der Waals surface area contributed by atoms with E-state index < -0.39 is 5.82 Å². The van der Waals surface area contributed by atoms with Crippen LogP contribution in [0.4, 0.5) is 16.0 Å². The number of anilines is 2. The molecule has 0 saturated heterocycles. The van der Waals surface area contributed by atoms with Crippen LogP contribution < -0.4 is 11.1 Å². The Morgan fingerprint density at radius 1 is 1.33 bits per heavy atom. The number of hydrogen-bond donors (Lipinski definition) is 2. The second kappa shape index (κ2) is 6.72. The molecule has 1 aromatic heterocycles. The van der Waals surface area contributed by atoms with Crippen molar-refractivity contribution in [2.75, 3.05) is 11.1 Å². The summed E-state index contributed by atoms with van der Waals surface area (Å²) in [5.41, 5.74) is 7.58. The quantitative estimate of drug-likeness (QED) is 0.883. The van der Waals surface area contributed by atoms with Crippen molar-refractivity contribution in [3.8, 4) is 0 Å². The van der Waals surface area contributed by atoms with Crippen LogP contribution in [0.2, 0.25) is 5.02 Å². The van der Waals surface area contributed by atoms with Gasteiger partial charge in [-0.05, 0) is 31.0 Å². The van der Waals surface area contributed by atoms with E-state index in [2.05, 4.69) is 22.2 Å². The summed E-state index contributed by atoms with van der Waals surface area (Å²) in [5.74, 6) is 1.48. The maximum Gasteiger partial charge on any atom is 0.141 e. The number of rotatable bonds is 5. The van der Waals surface area contributed by atoms with Gasteiger partial charge in [0.1, 0.15) is 23.3 Å². The number of nitrogens with one attached hydrogen (secondary N) is 1. The fraction of sp³-hybridized carbons (Fsp3) is 0.333. The van der Waals surface area contributed by atoms with E-state index in [9.17, 15) is 4.39 Å². The summed E-state index contributed by atoms with van der Waals surface area (Å²) in [6.07, 6.45) is 1.73. The largest absolute Gasteiger partial charge is 0.383 e. The molecule has 0 bridgehead atoms. The zero-order valence-electron chi connectivity index (χ0n) is 12.1. The lowest BCUT2D eigenvalue weighted by molar-refractivity contribution is 0.627. The van der Waals surface area contributed by atoms with Crippen molar-refractivity contribution < 1.29 is 4.39 Å². The van der Waals surface area contributed by atoms with Crippen molar-refractivity contribution in [3.05, 3.63) is 46.0 Å². The van der Waals surface area contributed by atoms with Crippen LogP contribution in [0.1, 0.15) is 30.3 Å². The minimum atomic E-state index is -0.423. The highest BCUT2D eigenvalue weighted by molar-refractivity contribution is 6.30. The summed E-state index contributed by atoms with van der Waals surface area (Å²) in [6.45, 7) is 4.42. The number of aromatic nitrogens is 2. The first-order valence-electron chi connectivity index (χ1n) is 6.82. The Bertz CT molecular complexity index is 646.